The number of aromatic carboxylic acids is 1. The van der Waals surface area contributed by atoms with E-state index in [0.29, 0.717) is 16.6 Å². The third-order valence-electron chi connectivity index (χ3n) is 2.98. The van der Waals surface area contributed by atoms with Crippen molar-refractivity contribution >= 4 is 29.0 Å². The van der Waals surface area contributed by atoms with E-state index in [1.807, 2.05) is 30.3 Å². The molecule has 116 valence electrons. The Labute approximate surface area is 135 Å². The van der Waals surface area contributed by atoms with Crippen LogP contribution in [0.5, 0.6) is 0 Å². The molecule has 3 rings (SSSR count). The average molecular weight is 328 g/mol. The summed E-state index contributed by atoms with van der Waals surface area (Å²) in [5.41, 5.74) is 1.48. The van der Waals surface area contributed by atoms with Crippen LogP contribution in [-0.4, -0.2) is 31.7 Å². The summed E-state index contributed by atoms with van der Waals surface area (Å²) in [6.45, 7) is 1.39. The van der Waals surface area contributed by atoms with E-state index in [2.05, 4.69) is 15.4 Å². The second-order valence-electron chi connectivity index (χ2n) is 4.69. The van der Waals surface area contributed by atoms with Gasteiger partial charge in [0.2, 0.25) is 11.0 Å². The first-order valence-corrected chi connectivity index (χ1v) is 7.55. The Kier molecular flexibility index (Phi) is 3.90. The number of nitrogens with zero attached hydrogens (tertiary/aromatic N) is 3. The quantitative estimate of drug-likeness (QED) is 0.767. The van der Waals surface area contributed by atoms with Gasteiger partial charge in [-0.1, -0.05) is 30.3 Å². The fourth-order valence-corrected chi connectivity index (χ4v) is 2.77. The number of anilines is 1. The van der Waals surface area contributed by atoms with E-state index in [0.717, 1.165) is 16.9 Å². The zero-order valence-corrected chi connectivity index (χ0v) is 12.9. The van der Waals surface area contributed by atoms with Gasteiger partial charge in [-0.2, -0.15) is 9.78 Å². The van der Waals surface area contributed by atoms with E-state index in [1.54, 1.807) is 6.07 Å². The van der Waals surface area contributed by atoms with Crippen LogP contribution < -0.4 is 5.32 Å². The molecular formula is C15H12N4O3S. The minimum Gasteiger partial charge on any atom is -0.476 e. The van der Waals surface area contributed by atoms with Crippen molar-refractivity contribution in [1.82, 2.24) is 14.8 Å². The number of aromatic nitrogens is 3. The number of carboxylic acid groups (broad SMARTS) is 1. The van der Waals surface area contributed by atoms with Crippen molar-refractivity contribution in [3.63, 3.8) is 0 Å². The fourth-order valence-electron chi connectivity index (χ4n) is 2.01. The number of nitrogens with one attached hydrogen (secondary N) is 1. The third kappa shape index (κ3) is 3.11. The summed E-state index contributed by atoms with van der Waals surface area (Å²) in [5, 5.41) is 17.9. The van der Waals surface area contributed by atoms with Gasteiger partial charge in [-0.3, -0.25) is 4.79 Å². The van der Waals surface area contributed by atoms with E-state index < -0.39 is 5.97 Å². The normalized spacial score (nSPS) is 10.5. The summed E-state index contributed by atoms with van der Waals surface area (Å²) in [7, 11) is 0. The zero-order chi connectivity index (χ0) is 16.4. The Morgan fingerprint density at radius 3 is 2.61 bits per heavy atom. The van der Waals surface area contributed by atoms with Crippen molar-refractivity contribution in [3.8, 4) is 16.4 Å². The second-order valence-corrected chi connectivity index (χ2v) is 5.53. The molecule has 0 saturated heterocycles. The molecule has 0 atom stereocenters. The summed E-state index contributed by atoms with van der Waals surface area (Å²) < 4.78 is 1.43. The molecule has 0 aliphatic rings. The van der Waals surface area contributed by atoms with E-state index in [9.17, 15) is 9.59 Å². The van der Waals surface area contributed by atoms with Crippen molar-refractivity contribution in [2.75, 3.05) is 5.32 Å². The molecule has 0 fully saturated rings. The molecule has 23 heavy (non-hydrogen) atoms. The van der Waals surface area contributed by atoms with Gasteiger partial charge in [0.25, 0.3) is 0 Å². The Balaban J connectivity index is 2.08. The lowest BCUT2D eigenvalue weighted by atomic mass is 10.2. The van der Waals surface area contributed by atoms with Crippen LogP contribution in [0.2, 0.25) is 0 Å². The molecule has 3 aromatic rings. The van der Waals surface area contributed by atoms with Crippen LogP contribution in [0.15, 0.2) is 41.8 Å². The maximum Gasteiger partial charge on any atom is 0.355 e. The van der Waals surface area contributed by atoms with Crippen LogP contribution in [0.1, 0.15) is 17.4 Å². The highest BCUT2D eigenvalue weighted by atomic mass is 32.1. The molecule has 0 spiro atoms. The summed E-state index contributed by atoms with van der Waals surface area (Å²) in [6.07, 6.45) is 0. The van der Waals surface area contributed by atoms with E-state index in [-0.39, 0.29) is 11.6 Å². The van der Waals surface area contributed by atoms with Crippen molar-refractivity contribution < 1.29 is 14.7 Å². The van der Waals surface area contributed by atoms with E-state index in [4.69, 9.17) is 5.11 Å². The molecule has 0 bridgehead atoms. The van der Waals surface area contributed by atoms with Gasteiger partial charge in [0.05, 0.1) is 5.69 Å². The number of carboxylic acids is 1. The number of rotatable bonds is 4. The molecule has 1 aromatic carbocycles. The van der Waals surface area contributed by atoms with Crippen molar-refractivity contribution in [2.24, 2.45) is 0 Å². The first kappa shape index (κ1) is 14.9. The van der Waals surface area contributed by atoms with Gasteiger partial charge in [-0.15, -0.1) is 11.3 Å². The predicted octanol–water partition coefficient (Wildman–Crippen LogP) is 2.65. The lowest BCUT2D eigenvalue weighted by Crippen LogP contribution is -2.11. The number of carbonyl (C=O) groups is 2. The number of hydrogen-bond donors (Lipinski definition) is 2. The van der Waals surface area contributed by atoms with Crippen LogP contribution in [-0.2, 0) is 4.79 Å². The predicted molar refractivity (Wildman–Crippen MR) is 85.9 cm³/mol. The van der Waals surface area contributed by atoms with Gasteiger partial charge >= 0.3 is 5.97 Å². The number of carbonyl (C=O) groups excluding carboxylic acids is 1. The molecule has 0 saturated carbocycles. The largest absolute Gasteiger partial charge is 0.476 e. The molecule has 2 N–H and O–H groups in total. The Hall–Kier alpha value is -3.00. The molecule has 0 radical (unpaired) electrons. The molecule has 0 aliphatic carbocycles. The molecule has 7 nitrogen and oxygen atoms in total. The highest BCUT2D eigenvalue weighted by Crippen LogP contribution is 2.26. The Morgan fingerprint density at radius 1 is 1.26 bits per heavy atom. The highest BCUT2D eigenvalue weighted by molar-refractivity contribution is 7.12. The monoisotopic (exact) mass is 328 g/mol. The number of thiazole rings is 1. The average Bonchev–Trinajstić information content (AvgIpc) is 3.14. The van der Waals surface area contributed by atoms with Gasteiger partial charge in [-0.25, -0.2) is 9.78 Å². The standard InChI is InChI=1S/C15H12N4O3S/c1-9(20)16-13-7-11(10-5-3-2-4-6-10)18-19(13)15-17-12(8-23-15)14(21)22/h2-8H,1H3,(H,16,20)(H,21,22). The van der Waals surface area contributed by atoms with Crippen LogP contribution in [0.4, 0.5) is 5.82 Å². The fraction of sp³-hybridized carbons (Fsp3) is 0.0667. The van der Waals surface area contributed by atoms with E-state index >= 15 is 0 Å². The Bertz CT molecular complexity index is 870. The summed E-state index contributed by atoms with van der Waals surface area (Å²) >= 11 is 1.14. The molecular weight excluding hydrogens is 316 g/mol. The first-order chi connectivity index (χ1) is 11.0. The lowest BCUT2D eigenvalue weighted by molar-refractivity contribution is -0.114. The maximum absolute atomic E-state index is 11.4. The van der Waals surface area contributed by atoms with Crippen molar-refractivity contribution in [3.05, 3.63) is 47.5 Å². The van der Waals surface area contributed by atoms with Crippen LogP contribution >= 0.6 is 11.3 Å². The van der Waals surface area contributed by atoms with E-state index in [1.165, 1.54) is 17.0 Å². The minimum absolute atomic E-state index is 0.0597. The van der Waals surface area contributed by atoms with Crippen molar-refractivity contribution in [2.45, 2.75) is 6.92 Å². The van der Waals surface area contributed by atoms with Gasteiger partial charge in [0.15, 0.2) is 5.69 Å². The third-order valence-corrected chi connectivity index (χ3v) is 3.79. The summed E-state index contributed by atoms with van der Waals surface area (Å²) in [4.78, 5) is 26.4. The summed E-state index contributed by atoms with van der Waals surface area (Å²) in [5.74, 6) is -0.924. The smallest absolute Gasteiger partial charge is 0.355 e. The molecule has 2 aromatic heterocycles. The highest BCUT2D eigenvalue weighted by Gasteiger charge is 2.16. The molecule has 0 unspecified atom stereocenters. The maximum atomic E-state index is 11.4. The summed E-state index contributed by atoms with van der Waals surface area (Å²) in [6, 6.07) is 11.2. The van der Waals surface area contributed by atoms with Crippen LogP contribution in [0.3, 0.4) is 0 Å². The number of benzene rings is 1. The van der Waals surface area contributed by atoms with Gasteiger partial charge in [-0.05, 0) is 0 Å². The zero-order valence-electron chi connectivity index (χ0n) is 12.1. The number of hydrogen-bond acceptors (Lipinski definition) is 5. The van der Waals surface area contributed by atoms with Crippen LogP contribution in [0.25, 0.3) is 16.4 Å². The Morgan fingerprint density at radius 2 is 2.00 bits per heavy atom. The molecule has 1 amide bonds. The van der Waals surface area contributed by atoms with Crippen molar-refractivity contribution in [1.29, 1.82) is 0 Å². The van der Waals surface area contributed by atoms with Gasteiger partial charge in [0.1, 0.15) is 5.82 Å². The second kappa shape index (κ2) is 6.01. The minimum atomic E-state index is -1.11. The van der Waals surface area contributed by atoms with Crippen LogP contribution in [0, 0.1) is 0 Å². The molecule has 2 heterocycles. The first-order valence-electron chi connectivity index (χ1n) is 6.67. The SMILES string of the molecule is CC(=O)Nc1cc(-c2ccccc2)nn1-c1nc(C(=O)O)cs1. The van der Waals surface area contributed by atoms with Gasteiger partial charge in [0, 0.05) is 23.9 Å². The lowest BCUT2D eigenvalue weighted by Gasteiger charge is -2.03. The van der Waals surface area contributed by atoms with Gasteiger partial charge < -0.3 is 10.4 Å². The molecule has 0 aliphatic heterocycles. The topological polar surface area (TPSA) is 97.1 Å². The molecule has 8 heteroatoms. The number of amides is 1.